The standard InChI is InChI=1S/C16H20BrN3OS/c1-3-21-15-7-5-4-6-12(15)9-19-16(18-2)20-10-14-8-13(17)11-22-14/h4-8,11H,3,9-10H2,1-2H3,(H2,18,19,20). The van der Waals surface area contributed by atoms with Crippen LogP contribution in [-0.4, -0.2) is 19.6 Å². The van der Waals surface area contributed by atoms with Crippen molar-refractivity contribution in [1.82, 2.24) is 10.6 Å². The molecular formula is C16H20BrN3OS. The molecule has 2 N–H and O–H groups in total. The van der Waals surface area contributed by atoms with Gasteiger partial charge in [0.25, 0.3) is 0 Å². The summed E-state index contributed by atoms with van der Waals surface area (Å²) >= 11 is 5.18. The Morgan fingerprint density at radius 3 is 2.73 bits per heavy atom. The molecule has 0 fully saturated rings. The Labute approximate surface area is 143 Å². The number of thiophene rings is 1. The van der Waals surface area contributed by atoms with Crippen molar-refractivity contribution in [3.63, 3.8) is 0 Å². The van der Waals surface area contributed by atoms with Crippen LogP contribution in [0.5, 0.6) is 5.75 Å². The maximum Gasteiger partial charge on any atom is 0.191 e. The van der Waals surface area contributed by atoms with Gasteiger partial charge in [0.05, 0.1) is 13.2 Å². The Kier molecular flexibility index (Phi) is 6.74. The highest BCUT2D eigenvalue weighted by Gasteiger charge is 2.04. The average Bonchev–Trinajstić information content (AvgIpc) is 2.95. The first-order chi connectivity index (χ1) is 10.7. The lowest BCUT2D eigenvalue weighted by molar-refractivity contribution is 0.336. The maximum atomic E-state index is 5.63. The molecule has 1 aromatic carbocycles. The highest BCUT2D eigenvalue weighted by atomic mass is 79.9. The molecule has 0 aliphatic rings. The number of nitrogens with one attached hydrogen (secondary N) is 2. The van der Waals surface area contributed by atoms with E-state index in [4.69, 9.17) is 4.74 Å². The number of rotatable bonds is 6. The van der Waals surface area contributed by atoms with E-state index in [1.165, 1.54) is 4.88 Å². The highest BCUT2D eigenvalue weighted by molar-refractivity contribution is 9.10. The predicted molar refractivity (Wildman–Crippen MR) is 96.7 cm³/mol. The van der Waals surface area contributed by atoms with Gasteiger partial charge < -0.3 is 15.4 Å². The first kappa shape index (κ1) is 16.8. The van der Waals surface area contributed by atoms with E-state index in [-0.39, 0.29) is 0 Å². The smallest absolute Gasteiger partial charge is 0.191 e. The van der Waals surface area contributed by atoms with Gasteiger partial charge in [0, 0.05) is 33.9 Å². The van der Waals surface area contributed by atoms with E-state index in [1.807, 2.05) is 25.1 Å². The van der Waals surface area contributed by atoms with E-state index < -0.39 is 0 Å². The number of para-hydroxylation sites is 1. The SMILES string of the molecule is CCOc1ccccc1CNC(=NC)NCc1cc(Br)cs1. The molecule has 0 radical (unpaired) electrons. The van der Waals surface area contributed by atoms with Gasteiger partial charge in [-0.05, 0) is 35.0 Å². The zero-order valence-electron chi connectivity index (χ0n) is 12.7. The van der Waals surface area contributed by atoms with Crippen LogP contribution in [0, 0.1) is 0 Å². The Bertz CT molecular complexity index is 627. The predicted octanol–water partition coefficient (Wildman–Crippen LogP) is 3.77. The molecule has 2 aromatic rings. The Hall–Kier alpha value is -1.53. The van der Waals surface area contributed by atoms with Crippen molar-refractivity contribution < 1.29 is 4.74 Å². The molecule has 1 heterocycles. The first-order valence-corrected chi connectivity index (χ1v) is 8.78. The van der Waals surface area contributed by atoms with Crippen molar-refractivity contribution in [1.29, 1.82) is 0 Å². The van der Waals surface area contributed by atoms with Gasteiger partial charge in [-0.2, -0.15) is 0 Å². The summed E-state index contributed by atoms with van der Waals surface area (Å²) in [6, 6.07) is 10.1. The van der Waals surface area contributed by atoms with E-state index in [1.54, 1.807) is 18.4 Å². The molecule has 22 heavy (non-hydrogen) atoms. The number of hydrogen-bond acceptors (Lipinski definition) is 3. The third-order valence-corrected chi connectivity index (χ3v) is 4.69. The van der Waals surface area contributed by atoms with Crippen molar-refractivity contribution in [3.05, 3.63) is 50.6 Å². The van der Waals surface area contributed by atoms with Crippen LogP contribution in [0.25, 0.3) is 0 Å². The molecular weight excluding hydrogens is 362 g/mol. The van der Waals surface area contributed by atoms with Crippen LogP contribution in [0.1, 0.15) is 17.4 Å². The van der Waals surface area contributed by atoms with Crippen LogP contribution in [0.15, 0.2) is 45.2 Å². The topological polar surface area (TPSA) is 45.6 Å². The van der Waals surface area contributed by atoms with Crippen LogP contribution in [0.4, 0.5) is 0 Å². The van der Waals surface area contributed by atoms with Crippen LogP contribution < -0.4 is 15.4 Å². The fraction of sp³-hybridized carbons (Fsp3) is 0.312. The minimum absolute atomic E-state index is 0.664. The monoisotopic (exact) mass is 381 g/mol. The van der Waals surface area contributed by atoms with Gasteiger partial charge in [0.15, 0.2) is 5.96 Å². The van der Waals surface area contributed by atoms with Crippen molar-refractivity contribution in [2.75, 3.05) is 13.7 Å². The lowest BCUT2D eigenvalue weighted by Gasteiger charge is -2.14. The quantitative estimate of drug-likeness (QED) is 0.591. The molecule has 0 aliphatic carbocycles. The number of benzene rings is 1. The van der Waals surface area contributed by atoms with Gasteiger partial charge in [-0.15, -0.1) is 11.3 Å². The minimum Gasteiger partial charge on any atom is -0.494 e. The van der Waals surface area contributed by atoms with Crippen LogP contribution in [0.3, 0.4) is 0 Å². The summed E-state index contributed by atoms with van der Waals surface area (Å²) in [5.74, 6) is 1.69. The van der Waals surface area contributed by atoms with E-state index in [2.05, 4.69) is 49.1 Å². The molecule has 0 atom stereocenters. The van der Waals surface area contributed by atoms with Gasteiger partial charge in [-0.3, -0.25) is 4.99 Å². The Balaban J connectivity index is 1.88. The third-order valence-electron chi connectivity index (χ3n) is 2.99. The first-order valence-electron chi connectivity index (χ1n) is 7.11. The fourth-order valence-electron chi connectivity index (χ4n) is 1.96. The summed E-state index contributed by atoms with van der Waals surface area (Å²) < 4.78 is 6.74. The second kappa shape index (κ2) is 8.80. The summed E-state index contributed by atoms with van der Waals surface area (Å²) in [5, 5.41) is 8.70. The molecule has 0 spiro atoms. The molecule has 0 amide bonds. The minimum atomic E-state index is 0.664. The van der Waals surface area contributed by atoms with E-state index >= 15 is 0 Å². The number of guanidine groups is 1. The second-order valence-corrected chi connectivity index (χ2v) is 6.46. The zero-order valence-corrected chi connectivity index (χ0v) is 15.1. The molecule has 0 aliphatic heterocycles. The van der Waals surface area contributed by atoms with Crippen LogP contribution in [0.2, 0.25) is 0 Å². The van der Waals surface area contributed by atoms with Gasteiger partial charge in [-0.25, -0.2) is 0 Å². The molecule has 0 bridgehead atoms. The summed E-state index contributed by atoms with van der Waals surface area (Å²) in [5.41, 5.74) is 1.12. The lowest BCUT2D eigenvalue weighted by atomic mass is 10.2. The van der Waals surface area contributed by atoms with Gasteiger partial charge in [0.2, 0.25) is 0 Å². The van der Waals surface area contributed by atoms with Gasteiger partial charge >= 0.3 is 0 Å². The summed E-state index contributed by atoms with van der Waals surface area (Å²) in [6.07, 6.45) is 0. The van der Waals surface area contributed by atoms with E-state index in [0.717, 1.165) is 28.3 Å². The maximum absolute atomic E-state index is 5.63. The molecule has 2 rings (SSSR count). The van der Waals surface area contributed by atoms with Crippen molar-refractivity contribution in [2.24, 2.45) is 4.99 Å². The zero-order chi connectivity index (χ0) is 15.8. The van der Waals surface area contributed by atoms with E-state index in [9.17, 15) is 0 Å². The molecule has 4 nitrogen and oxygen atoms in total. The molecule has 1 aromatic heterocycles. The normalized spacial score (nSPS) is 11.3. The van der Waals surface area contributed by atoms with Gasteiger partial charge in [0.1, 0.15) is 5.75 Å². The third kappa shape index (κ3) is 5.03. The molecule has 0 saturated heterocycles. The summed E-state index contributed by atoms with van der Waals surface area (Å²) in [6.45, 7) is 4.08. The van der Waals surface area contributed by atoms with Crippen LogP contribution in [-0.2, 0) is 13.1 Å². The number of ether oxygens (including phenoxy) is 1. The number of hydrogen-bond donors (Lipinski definition) is 2. The van der Waals surface area contributed by atoms with Crippen LogP contribution >= 0.6 is 27.3 Å². The van der Waals surface area contributed by atoms with Crippen molar-refractivity contribution >= 4 is 33.2 Å². The van der Waals surface area contributed by atoms with E-state index in [0.29, 0.717) is 13.2 Å². The Morgan fingerprint density at radius 1 is 1.27 bits per heavy atom. The number of halogens is 1. The van der Waals surface area contributed by atoms with Crippen molar-refractivity contribution in [3.8, 4) is 5.75 Å². The molecule has 0 unspecified atom stereocenters. The second-order valence-electron chi connectivity index (χ2n) is 4.55. The average molecular weight is 382 g/mol. The molecule has 0 saturated carbocycles. The Morgan fingerprint density at radius 2 is 2.05 bits per heavy atom. The fourth-order valence-corrected chi connectivity index (χ4v) is 3.35. The lowest BCUT2D eigenvalue weighted by Crippen LogP contribution is -2.36. The number of aliphatic imine (C=N–C) groups is 1. The number of nitrogens with zero attached hydrogens (tertiary/aromatic N) is 1. The highest BCUT2D eigenvalue weighted by Crippen LogP contribution is 2.19. The molecule has 118 valence electrons. The van der Waals surface area contributed by atoms with Gasteiger partial charge in [-0.1, -0.05) is 18.2 Å². The summed E-state index contributed by atoms with van der Waals surface area (Å²) in [4.78, 5) is 5.50. The summed E-state index contributed by atoms with van der Waals surface area (Å²) in [7, 11) is 1.77. The van der Waals surface area contributed by atoms with Crippen molar-refractivity contribution in [2.45, 2.75) is 20.0 Å². The molecule has 6 heteroatoms. The largest absolute Gasteiger partial charge is 0.494 e.